The molecule has 0 radical (unpaired) electrons. The van der Waals surface area contributed by atoms with Crippen molar-refractivity contribution in [3.05, 3.63) is 58.6 Å². The van der Waals surface area contributed by atoms with E-state index < -0.39 is 11.8 Å². The molecular formula is C22H24ClN3O3. The van der Waals surface area contributed by atoms with Crippen molar-refractivity contribution in [2.75, 3.05) is 16.8 Å². The smallest absolute Gasteiger partial charge is 0.313 e. The largest absolute Gasteiger partial charge is 0.344 e. The second-order valence-electron chi connectivity index (χ2n) is 7.32. The molecule has 0 saturated carbocycles. The van der Waals surface area contributed by atoms with Gasteiger partial charge < -0.3 is 15.5 Å². The first-order valence-electron chi connectivity index (χ1n) is 9.63. The fourth-order valence-electron chi connectivity index (χ4n) is 3.28. The summed E-state index contributed by atoms with van der Waals surface area (Å²) in [5.41, 5.74) is 3.06. The van der Waals surface area contributed by atoms with Crippen LogP contribution in [-0.2, 0) is 27.3 Å². The van der Waals surface area contributed by atoms with Crippen molar-refractivity contribution in [1.82, 2.24) is 5.32 Å². The second-order valence-corrected chi connectivity index (χ2v) is 7.73. The Morgan fingerprint density at radius 1 is 1.10 bits per heavy atom. The van der Waals surface area contributed by atoms with Crippen LogP contribution in [0.4, 0.5) is 11.4 Å². The number of anilines is 2. The van der Waals surface area contributed by atoms with E-state index in [4.69, 9.17) is 11.6 Å². The number of carbonyl (C=O) groups excluding carboxylic acids is 3. The molecule has 2 aromatic carbocycles. The Hall–Kier alpha value is -2.86. The van der Waals surface area contributed by atoms with E-state index >= 15 is 0 Å². The van der Waals surface area contributed by atoms with Crippen LogP contribution in [0.3, 0.4) is 0 Å². The van der Waals surface area contributed by atoms with Gasteiger partial charge in [0.15, 0.2) is 0 Å². The molecule has 6 nitrogen and oxygen atoms in total. The number of hydrogen-bond acceptors (Lipinski definition) is 3. The van der Waals surface area contributed by atoms with Gasteiger partial charge in [0, 0.05) is 35.4 Å². The highest BCUT2D eigenvalue weighted by Crippen LogP contribution is 2.31. The molecule has 7 heteroatoms. The molecule has 1 aliphatic rings. The van der Waals surface area contributed by atoms with Gasteiger partial charge in [0.05, 0.1) is 0 Å². The minimum Gasteiger partial charge on any atom is -0.344 e. The van der Waals surface area contributed by atoms with Crippen molar-refractivity contribution in [2.24, 2.45) is 5.92 Å². The van der Waals surface area contributed by atoms with Gasteiger partial charge in [0.25, 0.3) is 0 Å². The van der Waals surface area contributed by atoms with E-state index in [2.05, 4.69) is 10.6 Å². The van der Waals surface area contributed by atoms with Crippen LogP contribution in [0.25, 0.3) is 0 Å². The molecule has 3 amide bonds. The highest BCUT2D eigenvalue weighted by atomic mass is 35.5. The first kappa shape index (κ1) is 20.9. The van der Waals surface area contributed by atoms with Gasteiger partial charge in [-0.25, -0.2) is 0 Å². The number of amides is 3. The maximum Gasteiger partial charge on any atom is 0.313 e. The molecule has 29 heavy (non-hydrogen) atoms. The molecule has 0 bridgehead atoms. The molecule has 0 aliphatic carbocycles. The number of benzene rings is 2. The number of halogens is 1. The van der Waals surface area contributed by atoms with Crippen LogP contribution in [0.5, 0.6) is 0 Å². The third-order valence-corrected chi connectivity index (χ3v) is 5.19. The van der Waals surface area contributed by atoms with E-state index in [1.165, 1.54) is 0 Å². The average molecular weight is 414 g/mol. The van der Waals surface area contributed by atoms with Crippen molar-refractivity contribution in [3.63, 3.8) is 0 Å². The van der Waals surface area contributed by atoms with Crippen LogP contribution in [-0.4, -0.2) is 24.3 Å². The predicted molar refractivity (Wildman–Crippen MR) is 114 cm³/mol. The van der Waals surface area contributed by atoms with Gasteiger partial charge in [0.2, 0.25) is 5.91 Å². The lowest BCUT2D eigenvalue weighted by atomic mass is 9.99. The molecule has 1 heterocycles. The summed E-state index contributed by atoms with van der Waals surface area (Å²) in [7, 11) is 0. The van der Waals surface area contributed by atoms with E-state index in [0.717, 1.165) is 29.7 Å². The number of fused-ring (bicyclic) bond motifs is 1. The fraction of sp³-hybridized carbons (Fsp3) is 0.318. The number of nitrogens with one attached hydrogen (secondary N) is 2. The highest BCUT2D eigenvalue weighted by molar-refractivity contribution is 6.39. The lowest BCUT2D eigenvalue weighted by Gasteiger charge is -2.31. The molecule has 0 unspecified atom stereocenters. The van der Waals surface area contributed by atoms with Gasteiger partial charge in [-0.15, -0.1) is 0 Å². The normalized spacial score (nSPS) is 13.0. The third kappa shape index (κ3) is 4.95. The highest BCUT2D eigenvalue weighted by Gasteiger charge is 2.25. The van der Waals surface area contributed by atoms with E-state index in [9.17, 15) is 14.4 Å². The maximum atomic E-state index is 12.5. The average Bonchev–Trinajstić information content (AvgIpc) is 2.71. The Kier molecular flexibility index (Phi) is 6.54. The van der Waals surface area contributed by atoms with Gasteiger partial charge in [-0.05, 0) is 42.2 Å². The second kappa shape index (κ2) is 9.09. The lowest BCUT2D eigenvalue weighted by molar-refractivity contribution is -0.136. The lowest BCUT2D eigenvalue weighted by Crippen LogP contribution is -2.38. The van der Waals surface area contributed by atoms with Crippen molar-refractivity contribution >= 4 is 40.7 Å². The summed E-state index contributed by atoms with van der Waals surface area (Å²) in [5, 5.41) is 5.70. The number of hydrogen-bond donors (Lipinski definition) is 2. The number of aryl methyl sites for hydroxylation is 1. The zero-order valence-corrected chi connectivity index (χ0v) is 17.3. The Balaban J connectivity index is 1.67. The fourth-order valence-corrected chi connectivity index (χ4v) is 3.48. The van der Waals surface area contributed by atoms with Gasteiger partial charge in [-0.1, -0.05) is 49.7 Å². The Morgan fingerprint density at radius 2 is 1.86 bits per heavy atom. The summed E-state index contributed by atoms with van der Waals surface area (Å²) >= 11 is 6.06. The Morgan fingerprint density at radius 3 is 2.59 bits per heavy atom. The van der Waals surface area contributed by atoms with Crippen molar-refractivity contribution in [1.29, 1.82) is 0 Å². The van der Waals surface area contributed by atoms with Crippen LogP contribution in [0, 0.1) is 5.92 Å². The standard InChI is InChI=1S/C22H24ClN3O3/c1-14(2)22(29)26-11-5-7-15-9-10-17(12-19(15)26)25-21(28)20(27)24-13-16-6-3-4-8-18(16)23/h3-4,6,8-10,12,14H,5,7,11,13H2,1-2H3,(H,24,27)(H,25,28). The monoisotopic (exact) mass is 413 g/mol. The molecule has 1 aliphatic heterocycles. The topological polar surface area (TPSA) is 78.5 Å². The summed E-state index contributed by atoms with van der Waals surface area (Å²) < 4.78 is 0. The minimum atomic E-state index is -0.769. The number of rotatable bonds is 4. The molecule has 0 atom stereocenters. The first-order valence-corrected chi connectivity index (χ1v) is 10.0. The first-order chi connectivity index (χ1) is 13.9. The molecule has 0 spiro atoms. The molecule has 2 N–H and O–H groups in total. The summed E-state index contributed by atoms with van der Waals surface area (Å²) in [4.78, 5) is 38.7. The SMILES string of the molecule is CC(C)C(=O)N1CCCc2ccc(NC(=O)C(=O)NCc3ccccc3Cl)cc21. The molecule has 0 saturated heterocycles. The summed E-state index contributed by atoms with van der Waals surface area (Å²) in [6.45, 7) is 4.55. The summed E-state index contributed by atoms with van der Waals surface area (Å²) in [6.07, 6.45) is 1.78. The molecular weight excluding hydrogens is 390 g/mol. The Labute approximate surface area is 175 Å². The van der Waals surface area contributed by atoms with E-state index in [-0.39, 0.29) is 18.4 Å². The van der Waals surface area contributed by atoms with Crippen LogP contribution < -0.4 is 15.5 Å². The number of carbonyl (C=O) groups is 3. The van der Waals surface area contributed by atoms with E-state index in [0.29, 0.717) is 17.3 Å². The maximum absolute atomic E-state index is 12.5. The van der Waals surface area contributed by atoms with E-state index in [1.807, 2.05) is 26.0 Å². The van der Waals surface area contributed by atoms with Crippen molar-refractivity contribution in [2.45, 2.75) is 33.2 Å². The summed E-state index contributed by atoms with van der Waals surface area (Å²) in [5.74, 6) is -1.59. The number of nitrogens with zero attached hydrogens (tertiary/aromatic N) is 1. The molecule has 152 valence electrons. The quantitative estimate of drug-likeness (QED) is 0.752. The van der Waals surface area contributed by atoms with Gasteiger partial charge >= 0.3 is 11.8 Å². The zero-order valence-electron chi connectivity index (χ0n) is 16.5. The van der Waals surface area contributed by atoms with Crippen LogP contribution in [0.2, 0.25) is 5.02 Å². The third-order valence-electron chi connectivity index (χ3n) is 4.83. The molecule has 0 fully saturated rings. The van der Waals surface area contributed by atoms with E-state index in [1.54, 1.807) is 35.2 Å². The van der Waals surface area contributed by atoms with Crippen LogP contribution in [0.1, 0.15) is 31.4 Å². The van der Waals surface area contributed by atoms with Crippen LogP contribution in [0.15, 0.2) is 42.5 Å². The van der Waals surface area contributed by atoms with Crippen molar-refractivity contribution in [3.8, 4) is 0 Å². The summed E-state index contributed by atoms with van der Waals surface area (Å²) in [6, 6.07) is 12.5. The minimum absolute atomic E-state index is 0.0481. The van der Waals surface area contributed by atoms with Gasteiger partial charge in [-0.3, -0.25) is 14.4 Å². The van der Waals surface area contributed by atoms with Crippen LogP contribution >= 0.6 is 11.6 Å². The molecule has 3 rings (SSSR count). The molecule has 2 aromatic rings. The van der Waals surface area contributed by atoms with Gasteiger partial charge in [-0.2, -0.15) is 0 Å². The van der Waals surface area contributed by atoms with Gasteiger partial charge in [0.1, 0.15) is 0 Å². The predicted octanol–water partition coefficient (Wildman–Crippen LogP) is 3.53. The molecule has 0 aromatic heterocycles. The Bertz CT molecular complexity index is 943. The zero-order chi connectivity index (χ0) is 21.0. The van der Waals surface area contributed by atoms with Crippen molar-refractivity contribution < 1.29 is 14.4 Å².